The zero-order valence-corrected chi connectivity index (χ0v) is 17.1. The molecule has 1 aliphatic carbocycles. The van der Waals surface area contributed by atoms with Crippen LogP contribution in [0.25, 0.3) is 11.1 Å². The largest absolute Gasteiger partial charge is 0.504 e. The lowest BCUT2D eigenvalue weighted by atomic mass is 9.85. The van der Waals surface area contributed by atoms with Crippen molar-refractivity contribution in [2.45, 2.75) is 25.3 Å². The zero-order chi connectivity index (χ0) is 20.0. The molecule has 1 heterocycles. The number of aromatic hydroxyl groups is 1. The molecule has 2 aromatic carbocycles. The van der Waals surface area contributed by atoms with Crippen molar-refractivity contribution >= 4 is 0 Å². The third kappa shape index (κ3) is 2.58. The van der Waals surface area contributed by atoms with Crippen molar-refractivity contribution in [1.82, 2.24) is 4.90 Å². The fourth-order valence-corrected chi connectivity index (χ4v) is 4.72. The lowest BCUT2D eigenvalue weighted by molar-refractivity contribution is 0.220. The van der Waals surface area contributed by atoms with Crippen LogP contribution in [0.15, 0.2) is 12.1 Å². The molecule has 0 bridgehead atoms. The Bertz CT molecular complexity index is 924. The van der Waals surface area contributed by atoms with Crippen LogP contribution in [0.4, 0.5) is 0 Å². The predicted octanol–water partition coefficient (Wildman–Crippen LogP) is 3.57. The van der Waals surface area contributed by atoms with E-state index in [0.29, 0.717) is 23.0 Å². The lowest BCUT2D eigenvalue weighted by Crippen LogP contribution is -2.32. The van der Waals surface area contributed by atoms with Crippen molar-refractivity contribution in [2.75, 3.05) is 42.0 Å². The molecule has 2 aliphatic rings. The van der Waals surface area contributed by atoms with Crippen LogP contribution in [0, 0.1) is 0 Å². The van der Waals surface area contributed by atoms with E-state index in [9.17, 15) is 5.11 Å². The molecule has 0 saturated carbocycles. The van der Waals surface area contributed by atoms with Crippen LogP contribution in [0.3, 0.4) is 0 Å². The van der Waals surface area contributed by atoms with Crippen LogP contribution in [0.2, 0.25) is 0 Å². The third-order valence-electron chi connectivity index (χ3n) is 6.06. The summed E-state index contributed by atoms with van der Waals surface area (Å²) in [4.78, 5) is 2.37. The number of benzene rings is 2. The van der Waals surface area contributed by atoms with Crippen LogP contribution in [0.1, 0.15) is 29.2 Å². The maximum Gasteiger partial charge on any atom is 0.203 e. The molecule has 1 unspecified atom stereocenters. The second kappa shape index (κ2) is 7.09. The van der Waals surface area contributed by atoms with Gasteiger partial charge in [-0.15, -0.1) is 0 Å². The summed E-state index contributed by atoms with van der Waals surface area (Å²) >= 11 is 0. The molecule has 0 spiro atoms. The summed E-state index contributed by atoms with van der Waals surface area (Å²) in [6, 6.07) is 4.20. The summed E-state index contributed by atoms with van der Waals surface area (Å²) in [5, 5.41) is 11.2. The van der Waals surface area contributed by atoms with Crippen LogP contribution in [-0.2, 0) is 12.8 Å². The minimum absolute atomic E-state index is 0.148. The van der Waals surface area contributed by atoms with Crippen LogP contribution >= 0.6 is 0 Å². The molecule has 0 aromatic heterocycles. The molecule has 28 heavy (non-hydrogen) atoms. The number of ether oxygens (including phenoxy) is 4. The number of nitrogens with zero attached hydrogens (tertiary/aromatic N) is 1. The maximum atomic E-state index is 11.2. The minimum atomic E-state index is 0.148. The molecule has 0 amide bonds. The van der Waals surface area contributed by atoms with Gasteiger partial charge in [-0.05, 0) is 55.1 Å². The summed E-state index contributed by atoms with van der Waals surface area (Å²) < 4.78 is 22.5. The van der Waals surface area contributed by atoms with E-state index in [1.165, 1.54) is 5.56 Å². The van der Waals surface area contributed by atoms with E-state index in [-0.39, 0.29) is 11.8 Å². The number of methoxy groups -OCH3 is 4. The number of likely N-dealkylation sites (N-methyl/N-ethyl adjacent to an activating group) is 1. The monoisotopic (exact) mass is 385 g/mol. The topological polar surface area (TPSA) is 60.4 Å². The zero-order valence-electron chi connectivity index (χ0n) is 17.1. The number of aryl methyl sites for hydroxylation is 1. The highest BCUT2D eigenvalue weighted by atomic mass is 16.5. The van der Waals surface area contributed by atoms with Gasteiger partial charge in [0, 0.05) is 23.7 Å². The Hall–Kier alpha value is -2.60. The standard InChI is InChI=1S/C22H27NO5/c1-23-9-8-13-10-15(25-2)20(24)19-17(13)14(23)7-6-12-11-16(26-3)21(27-4)22(28-5)18(12)19/h10-11,14,24H,6-9H2,1-5H3. The van der Waals surface area contributed by atoms with E-state index in [1.807, 2.05) is 12.1 Å². The highest BCUT2D eigenvalue weighted by Gasteiger charge is 2.36. The normalized spacial score (nSPS) is 18.0. The first kappa shape index (κ1) is 18.7. The molecule has 150 valence electrons. The smallest absolute Gasteiger partial charge is 0.203 e. The first-order chi connectivity index (χ1) is 13.5. The van der Waals surface area contributed by atoms with Crippen molar-refractivity contribution in [1.29, 1.82) is 0 Å². The fraction of sp³-hybridized carbons (Fsp3) is 0.455. The summed E-state index contributed by atoms with van der Waals surface area (Å²) in [5.41, 5.74) is 5.11. The van der Waals surface area contributed by atoms with Gasteiger partial charge in [-0.2, -0.15) is 0 Å². The summed E-state index contributed by atoms with van der Waals surface area (Å²) in [7, 11) is 8.57. The van der Waals surface area contributed by atoms with Gasteiger partial charge in [-0.3, -0.25) is 4.90 Å². The van der Waals surface area contributed by atoms with Crippen LogP contribution in [0.5, 0.6) is 28.7 Å². The van der Waals surface area contributed by atoms with Crippen molar-refractivity contribution in [3.05, 3.63) is 28.8 Å². The van der Waals surface area contributed by atoms with Gasteiger partial charge in [0.15, 0.2) is 23.0 Å². The molecular weight excluding hydrogens is 358 g/mol. The van der Waals surface area contributed by atoms with Crippen LogP contribution in [-0.4, -0.2) is 52.0 Å². The van der Waals surface area contributed by atoms with Crippen molar-refractivity contribution < 1.29 is 24.1 Å². The molecule has 4 rings (SSSR count). The number of fused-ring (bicyclic) bond motifs is 2. The highest BCUT2D eigenvalue weighted by molar-refractivity contribution is 5.88. The summed E-state index contributed by atoms with van der Waals surface area (Å²) in [6.07, 6.45) is 2.71. The first-order valence-electron chi connectivity index (χ1n) is 9.50. The molecule has 2 aromatic rings. The van der Waals surface area contributed by atoms with E-state index < -0.39 is 0 Å². The molecule has 1 atom stereocenters. The Morgan fingerprint density at radius 1 is 0.857 bits per heavy atom. The Balaban J connectivity index is 2.13. The maximum absolute atomic E-state index is 11.2. The SMILES string of the molecule is COc1cc2c3c(c1O)-c1c(cc(OC)c(OC)c1OC)CCC3N(C)CC2. The Morgan fingerprint density at radius 2 is 1.54 bits per heavy atom. The van der Waals surface area contributed by atoms with Crippen molar-refractivity contribution in [3.8, 4) is 39.9 Å². The van der Waals surface area contributed by atoms with E-state index >= 15 is 0 Å². The van der Waals surface area contributed by atoms with E-state index in [1.54, 1.807) is 28.4 Å². The van der Waals surface area contributed by atoms with Gasteiger partial charge in [-0.25, -0.2) is 0 Å². The number of phenols is 1. The Kier molecular flexibility index (Phi) is 4.75. The predicted molar refractivity (Wildman–Crippen MR) is 107 cm³/mol. The van der Waals surface area contributed by atoms with Crippen LogP contribution < -0.4 is 18.9 Å². The van der Waals surface area contributed by atoms with Crippen molar-refractivity contribution in [2.24, 2.45) is 0 Å². The Morgan fingerprint density at radius 3 is 2.18 bits per heavy atom. The molecular formula is C22H27NO5. The van der Waals surface area contributed by atoms with E-state index in [4.69, 9.17) is 18.9 Å². The lowest BCUT2D eigenvalue weighted by Gasteiger charge is -2.35. The quantitative estimate of drug-likeness (QED) is 0.868. The number of hydrogen-bond acceptors (Lipinski definition) is 6. The third-order valence-corrected chi connectivity index (χ3v) is 6.06. The highest BCUT2D eigenvalue weighted by Crippen LogP contribution is 2.56. The van der Waals surface area contributed by atoms with E-state index in [2.05, 4.69) is 11.9 Å². The fourth-order valence-electron chi connectivity index (χ4n) is 4.72. The average Bonchev–Trinajstić information content (AvgIpc) is 2.89. The molecule has 0 fully saturated rings. The molecule has 0 saturated heterocycles. The number of phenolic OH excluding ortho intramolecular Hbond substituents is 1. The molecule has 6 nitrogen and oxygen atoms in total. The summed E-state index contributed by atoms with van der Waals surface area (Å²) in [6.45, 7) is 0.977. The number of hydrogen-bond donors (Lipinski definition) is 1. The number of rotatable bonds is 4. The summed E-state index contributed by atoms with van der Waals surface area (Å²) in [5.74, 6) is 2.37. The van der Waals surface area contributed by atoms with Crippen molar-refractivity contribution in [3.63, 3.8) is 0 Å². The molecule has 1 N–H and O–H groups in total. The Labute approximate surface area is 165 Å². The molecule has 6 heteroatoms. The molecule has 1 aliphatic heterocycles. The minimum Gasteiger partial charge on any atom is -0.504 e. The van der Waals surface area contributed by atoms with Gasteiger partial charge in [0.25, 0.3) is 0 Å². The van der Waals surface area contributed by atoms with Gasteiger partial charge in [0.05, 0.1) is 28.4 Å². The average molecular weight is 385 g/mol. The van der Waals surface area contributed by atoms with Gasteiger partial charge in [0.2, 0.25) is 5.75 Å². The van der Waals surface area contributed by atoms with Gasteiger partial charge < -0.3 is 24.1 Å². The molecule has 0 radical (unpaired) electrons. The van der Waals surface area contributed by atoms with E-state index in [0.717, 1.165) is 48.1 Å². The second-order valence-electron chi connectivity index (χ2n) is 7.34. The van der Waals surface area contributed by atoms with Gasteiger partial charge >= 0.3 is 0 Å². The first-order valence-corrected chi connectivity index (χ1v) is 9.50. The van der Waals surface area contributed by atoms with Gasteiger partial charge in [0.1, 0.15) is 0 Å². The second-order valence-corrected chi connectivity index (χ2v) is 7.34. The van der Waals surface area contributed by atoms with Gasteiger partial charge in [-0.1, -0.05) is 0 Å².